The first kappa shape index (κ1) is 10.0. The molecule has 0 spiro atoms. The molecule has 0 aromatic heterocycles. The molecule has 0 bridgehead atoms. The van der Waals surface area contributed by atoms with Crippen molar-refractivity contribution in [2.75, 3.05) is 24.5 Å². The molecule has 1 aliphatic heterocycles. The molecule has 78 valence electrons. The molecule has 1 aliphatic rings. The second kappa shape index (κ2) is 4.84. The second-order valence-electron chi connectivity index (χ2n) is 4.11. The van der Waals surface area contributed by atoms with E-state index in [2.05, 4.69) is 40.1 Å². The Labute approximate surface area is 91.3 Å². The van der Waals surface area contributed by atoms with E-state index in [0.717, 1.165) is 25.9 Å². The van der Waals surface area contributed by atoms with E-state index in [1.54, 1.807) is 0 Å². The number of anilines is 1. The molecule has 0 unspecified atom stereocenters. The summed E-state index contributed by atoms with van der Waals surface area (Å²) in [5.74, 6) is 0.627. The molecule has 0 atom stereocenters. The topological polar surface area (TPSA) is 7.60 Å². The lowest BCUT2D eigenvalue weighted by Crippen LogP contribution is -2.34. The Kier molecular flexibility index (Phi) is 3.24. The SMILES string of the molecule is [C-]#[N+]CC1CCN(c2ccccc2)CC1. The predicted octanol–water partition coefficient (Wildman–Crippen LogP) is 2.82. The lowest BCUT2D eigenvalue weighted by Gasteiger charge is -2.31. The first-order chi connectivity index (χ1) is 7.40. The summed E-state index contributed by atoms with van der Waals surface area (Å²) in [4.78, 5) is 5.91. The number of rotatable bonds is 2. The minimum absolute atomic E-state index is 0.627. The van der Waals surface area contributed by atoms with E-state index >= 15 is 0 Å². The Morgan fingerprint density at radius 2 is 1.87 bits per heavy atom. The summed E-state index contributed by atoms with van der Waals surface area (Å²) < 4.78 is 0. The van der Waals surface area contributed by atoms with E-state index in [4.69, 9.17) is 6.57 Å². The van der Waals surface area contributed by atoms with Crippen LogP contribution in [0.5, 0.6) is 0 Å². The maximum Gasteiger partial charge on any atom is 0.217 e. The van der Waals surface area contributed by atoms with Gasteiger partial charge in [0, 0.05) is 24.7 Å². The van der Waals surface area contributed by atoms with Gasteiger partial charge in [0.05, 0.1) is 0 Å². The highest BCUT2D eigenvalue weighted by atomic mass is 15.1. The molecule has 2 nitrogen and oxygen atoms in total. The third-order valence-electron chi connectivity index (χ3n) is 3.09. The van der Waals surface area contributed by atoms with Crippen LogP contribution < -0.4 is 4.90 Å². The fourth-order valence-electron chi connectivity index (χ4n) is 2.14. The van der Waals surface area contributed by atoms with Gasteiger partial charge in [-0.1, -0.05) is 18.2 Å². The third kappa shape index (κ3) is 2.50. The van der Waals surface area contributed by atoms with Gasteiger partial charge in [0.25, 0.3) is 0 Å². The van der Waals surface area contributed by atoms with Gasteiger partial charge in [0.1, 0.15) is 0 Å². The number of hydrogen-bond acceptors (Lipinski definition) is 1. The van der Waals surface area contributed by atoms with Crippen molar-refractivity contribution in [3.05, 3.63) is 41.7 Å². The largest absolute Gasteiger partial charge is 0.372 e. The minimum Gasteiger partial charge on any atom is -0.372 e. The van der Waals surface area contributed by atoms with E-state index in [-0.39, 0.29) is 0 Å². The van der Waals surface area contributed by atoms with E-state index < -0.39 is 0 Å². The number of benzene rings is 1. The molecular formula is C13H16N2. The van der Waals surface area contributed by atoms with E-state index in [1.807, 2.05) is 0 Å². The van der Waals surface area contributed by atoms with Crippen molar-refractivity contribution in [2.45, 2.75) is 12.8 Å². The van der Waals surface area contributed by atoms with Crippen molar-refractivity contribution in [3.8, 4) is 0 Å². The first-order valence-electron chi connectivity index (χ1n) is 5.53. The Balaban J connectivity index is 1.92. The summed E-state index contributed by atoms with van der Waals surface area (Å²) in [6.45, 7) is 9.78. The van der Waals surface area contributed by atoms with Gasteiger partial charge in [0.15, 0.2) is 0 Å². The lowest BCUT2D eigenvalue weighted by molar-refractivity contribution is 0.430. The summed E-state index contributed by atoms with van der Waals surface area (Å²) >= 11 is 0. The molecule has 1 heterocycles. The van der Waals surface area contributed by atoms with Crippen molar-refractivity contribution in [1.29, 1.82) is 0 Å². The Morgan fingerprint density at radius 3 is 2.47 bits per heavy atom. The van der Waals surface area contributed by atoms with Gasteiger partial charge < -0.3 is 9.74 Å². The van der Waals surface area contributed by atoms with Gasteiger partial charge in [-0.2, -0.15) is 0 Å². The molecule has 0 amide bonds. The molecule has 0 saturated carbocycles. The normalized spacial score (nSPS) is 17.4. The number of piperidine rings is 1. The maximum absolute atomic E-state index is 6.86. The standard InChI is InChI=1S/C13H16N2/c1-14-11-12-7-9-15(10-8-12)13-5-3-2-4-6-13/h2-6,12H,7-11H2. The minimum atomic E-state index is 0.627. The molecule has 1 aromatic rings. The summed E-state index contributed by atoms with van der Waals surface area (Å²) in [6.07, 6.45) is 2.33. The van der Waals surface area contributed by atoms with E-state index in [0.29, 0.717) is 12.5 Å². The quantitative estimate of drug-likeness (QED) is 0.666. The van der Waals surface area contributed by atoms with Gasteiger partial charge >= 0.3 is 0 Å². The molecule has 2 heteroatoms. The van der Waals surface area contributed by atoms with Gasteiger partial charge in [-0.15, -0.1) is 0 Å². The average Bonchev–Trinajstić information content (AvgIpc) is 2.32. The smallest absolute Gasteiger partial charge is 0.217 e. The van der Waals surface area contributed by atoms with E-state index in [1.165, 1.54) is 5.69 Å². The van der Waals surface area contributed by atoms with Crippen molar-refractivity contribution < 1.29 is 0 Å². The van der Waals surface area contributed by atoms with Crippen LogP contribution in [0.3, 0.4) is 0 Å². The molecule has 0 radical (unpaired) electrons. The summed E-state index contributed by atoms with van der Waals surface area (Å²) in [6, 6.07) is 10.5. The molecule has 1 fully saturated rings. The zero-order valence-electron chi connectivity index (χ0n) is 8.89. The van der Waals surface area contributed by atoms with Crippen LogP contribution in [-0.2, 0) is 0 Å². The van der Waals surface area contributed by atoms with Gasteiger partial charge in [-0.25, -0.2) is 6.57 Å². The van der Waals surface area contributed by atoms with Crippen LogP contribution in [0.4, 0.5) is 5.69 Å². The van der Waals surface area contributed by atoms with Gasteiger partial charge in [-0.3, -0.25) is 0 Å². The molecule has 1 aromatic carbocycles. The maximum atomic E-state index is 6.86. The highest BCUT2D eigenvalue weighted by Crippen LogP contribution is 2.22. The predicted molar refractivity (Wildman–Crippen MR) is 62.8 cm³/mol. The summed E-state index contributed by atoms with van der Waals surface area (Å²) in [5.41, 5.74) is 1.32. The fraction of sp³-hybridized carbons (Fsp3) is 0.462. The highest BCUT2D eigenvalue weighted by molar-refractivity contribution is 5.46. The Hall–Kier alpha value is -1.49. The van der Waals surface area contributed by atoms with E-state index in [9.17, 15) is 0 Å². The molecule has 2 rings (SSSR count). The number of para-hydroxylation sites is 1. The van der Waals surface area contributed by atoms with Crippen molar-refractivity contribution in [1.82, 2.24) is 0 Å². The second-order valence-corrected chi connectivity index (χ2v) is 4.11. The van der Waals surface area contributed by atoms with Crippen LogP contribution in [0.2, 0.25) is 0 Å². The Morgan fingerprint density at radius 1 is 1.20 bits per heavy atom. The fourth-order valence-corrected chi connectivity index (χ4v) is 2.14. The van der Waals surface area contributed by atoms with Crippen LogP contribution in [0.15, 0.2) is 30.3 Å². The lowest BCUT2D eigenvalue weighted by atomic mass is 9.97. The van der Waals surface area contributed by atoms with Crippen LogP contribution in [0.25, 0.3) is 4.85 Å². The zero-order chi connectivity index (χ0) is 10.5. The van der Waals surface area contributed by atoms with Crippen LogP contribution in [0.1, 0.15) is 12.8 Å². The molecule has 15 heavy (non-hydrogen) atoms. The molecule has 1 saturated heterocycles. The highest BCUT2D eigenvalue weighted by Gasteiger charge is 2.20. The number of hydrogen-bond donors (Lipinski definition) is 0. The van der Waals surface area contributed by atoms with Crippen molar-refractivity contribution >= 4 is 5.69 Å². The summed E-state index contributed by atoms with van der Waals surface area (Å²) in [5, 5.41) is 0. The van der Waals surface area contributed by atoms with Gasteiger partial charge in [0.2, 0.25) is 6.54 Å². The van der Waals surface area contributed by atoms with Crippen molar-refractivity contribution in [3.63, 3.8) is 0 Å². The molecule has 0 aliphatic carbocycles. The molecule has 0 N–H and O–H groups in total. The average molecular weight is 200 g/mol. The molecular weight excluding hydrogens is 184 g/mol. The summed E-state index contributed by atoms with van der Waals surface area (Å²) in [7, 11) is 0. The third-order valence-corrected chi connectivity index (χ3v) is 3.09. The monoisotopic (exact) mass is 200 g/mol. The van der Waals surface area contributed by atoms with Gasteiger partial charge in [-0.05, 0) is 25.0 Å². The first-order valence-corrected chi connectivity index (χ1v) is 5.53. The Bertz CT molecular complexity index is 331. The number of nitrogens with zero attached hydrogens (tertiary/aromatic N) is 2. The van der Waals surface area contributed by atoms with Crippen LogP contribution in [-0.4, -0.2) is 19.6 Å². The van der Waals surface area contributed by atoms with Crippen LogP contribution in [0, 0.1) is 12.5 Å². The van der Waals surface area contributed by atoms with Crippen LogP contribution >= 0.6 is 0 Å². The van der Waals surface area contributed by atoms with Crippen molar-refractivity contribution in [2.24, 2.45) is 5.92 Å². The zero-order valence-corrected chi connectivity index (χ0v) is 8.89.